The summed E-state index contributed by atoms with van der Waals surface area (Å²) < 4.78 is 55.6. The third kappa shape index (κ3) is 4.20. The van der Waals surface area contributed by atoms with Crippen molar-refractivity contribution in [1.29, 1.82) is 0 Å². The molecule has 0 saturated carbocycles. The van der Waals surface area contributed by atoms with Crippen LogP contribution in [0.3, 0.4) is 0 Å². The molecule has 0 radical (unpaired) electrons. The lowest BCUT2D eigenvalue weighted by Crippen LogP contribution is -2.38. The number of halogens is 2. The molecule has 4 heterocycles. The number of amides is 1. The fourth-order valence-corrected chi connectivity index (χ4v) is 6.38. The van der Waals surface area contributed by atoms with Crippen molar-refractivity contribution < 1.29 is 22.0 Å². The Labute approximate surface area is 197 Å². The second kappa shape index (κ2) is 9.07. The number of hydrogen-bond donors (Lipinski definition) is 0. The Bertz CT molecular complexity index is 1330. The highest BCUT2D eigenvalue weighted by atomic mass is 32.2. The summed E-state index contributed by atoms with van der Waals surface area (Å²) in [7, 11) is -3.90. The molecule has 3 aromatic rings. The fourth-order valence-electron chi connectivity index (χ4n) is 4.90. The van der Waals surface area contributed by atoms with Crippen molar-refractivity contribution in [3.05, 3.63) is 65.5 Å². The summed E-state index contributed by atoms with van der Waals surface area (Å²) in [6.07, 6.45) is 7.80. The van der Waals surface area contributed by atoms with Gasteiger partial charge in [0.05, 0.1) is 22.2 Å². The molecule has 2 saturated heterocycles. The molecule has 0 bridgehead atoms. The molecule has 0 spiro atoms. The minimum absolute atomic E-state index is 0.000655. The number of sulfonamides is 1. The largest absolute Gasteiger partial charge is 0.339 e. The zero-order chi connectivity index (χ0) is 23.9. The molecule has 0 N–H and O–H groups in total. The van der Waals surface area contributed by atoms with E-state index >= 15 is 0 Å². The van der Waals surface area contributed by atoms with E-state index < -0.39 is 21.7 Å². The van der Waals surface area contributed by atoms with E-state index in [1.54, 1.807) is 10.7 Å². The Balaban J connectivity index is 1.32. The first-order chi connectivity index (χ1) is 16.3. The van der Waals surface area contributed by atoms with Gasteiger partial charge in [-0.2, -0.15) is 9.40 Å². The van der Waals surface area contributed by atoms with Crippen LogP contribution in [0.2, 0.25) is 0 Å². The van der Waals surface area contributed by atoms with Crippen LogP contribution in [0.5, 0.6) is 0 Å². The number of aromatic nitrogens is 2. The third-order valence-corrected chi connectivity index (χ3v) is 8.77. The molecule has 0 aliphatic carbocycles. The summed E-state index contributed by atoms with van der Waals surface area (Å²) in [6, 6.07) is 6.59. The van der Waals surface area contributed by atoms with Crippen molar-refractivity contribution in [3.8, 4) is 0 Å². The number of hydrogen-bond acceptors (Lipinski definition) is 4. The standard InChI is InChI=1S/C24H26F2N4O3S/c25-21-5-4-19(15-22(21)26)34(32,33)29-11-6-17(7-12-29)18-8-13-30-23(14-18)20(16-27-30)24(31)28-9-2-1-3-10-28/h4-5,8,13-17H,1-3,6-7,9-12H2. The Morgan fingerprint density at radius 1 is 0.941 bits per heavy atom. The van der Waals surface area contributed by atoms with Gasteiger partial charge in [-0.15, -0.1) is 0 Å². The lowest BCUT2D eigenvalue weighted by Gasteiger charge is -2.31. The molecule has 10 heteroatoms. The Morgan fingerprint density at radius 2 is 1.68 bits per heavy atom. The van der Waals surface area contributed by atoms with Crippen LogP contribution in [0.15, 0.2) is 47.6 Å². The lowest BCUT2D eigenvalue weighted by atomic mass is 9.90. The quantitative estimate of drug-likeness (QED) is 0.560. The van der Waals surface area contributed by atoms with E-state index in [0.29, 0.717) is 18.4 Å². The number of fused-ring (bicyclic) bond motifs is 1. The van der Waals surface area contributed by atoms with E-state index in [-0.39, 0.29) is 29.8 Å². The SMILES string of the molecule is O=C(c1cnn2ccc(C3CCN(S(=O)(=O)c4ccc(F)c(F)c4)CC3)cc12)N1CCCCC1. The average molecular weight is 489 g/mol. The molecular formula is C24H26F2N4O3S. The van der Waals surface area contributed by atoms with Gasteiger partial charge >= 0.3 is 0 Å². The number of pyridine rings is 1. The van der Waals surface area contributed by atoms with E-state index in [4.69, 9.17) is 0 Å². The van der Waals surface area contributed by atoms with Gasteiger partial charge in [-0.05, 0) is 73.9 Å². The molecule has 2 aliphatic rings. The number of likely N-dealkylation sites (tertiary alicyclic amines) is 1. The molecule has 180 valence electrons. The second-order valence-corrected chi connectivity index (χ2v) is 10.9. The number of rotatable bonds is 4. The van der Waals surface area contributed by atoms with Crippen LogP contribution in [-0.4, -0.2) is 59.3 Å². The normalized spacial score (nSPS) is 18.5. The van der Waals surface area contributed by atoms with Gasteiger partial charge in [0.1, 0.15) is 0 Å². The molecule has 0 atom stereocenters. The first-order valence-corrected chi connectivity index (χ1v) is 13.0. The van der Waals surface area contributed by atoms with E-state index in [0.717, 1.165) is 61.6 Å². The van der Waals surface area contributed by atoms with Gasteiger partial charge in [-0.3, -0.25) is 4.79 Å². The van der Waals surface area contributed by atoms with Gasteiger partial charge in [0.25, 0.3) is 5.91 Å². The highest BCUT2D eigenvalue weighted by Gasteiger charge is 2.31. The number of carbonyl (C=O) groups is 1. The zero-order valence-electron chi connectivity index (χ0n) is 18.7. The van der Waals surface area contributed by atoms with Crippen molar-refractivity contribution in [2.45, 2.75) is 42.9 Å². The maximum absolute atomic E-state index is 13.6. The maximum Gasteiger partial charge on any atom is 0.257 e. The first kappa shape index (κ1) is 22.9. The monoisotopic (exact) mass is 488 g/mol. The van der Waals surface area contributed by atoms with E-state index in [1.807, 2.05) is 23.2 Å². The molecule has 5 rings (SSSR count). The predicted molar refractivity (Wildman–Crippen MR) is 122 cm³/mol. The number of nitrogens with zero attached hydrogens (tertiary/aromatic N) is 4. The molecule has 1 amide bonds. The molecule has 2 fully saturated rings. The summed E-state index contributed by atoms with van der Waals surface area (Å²) in [5.74, 6) is -2.14. The molecular weight excluding hydrogens is 462 g/mol. The molecule has 2 aromatic heterocycles. The smallest absolute Gasteiger partial charge is 0.257 e. The first-order valence-electron chi connectivity index (χ1n) is 11.6. The summed E-state index contributed by atoms with van der Waals surface area (Å²) in [4.78, 5) is 14.7. The number of piperidine rings is 2. The van der Waals surface area contributed by atoms with Crippen molar-refractivity contribution in [3.63, 3.8) is 0 Å². The van der Waals surface area contributed by atoms with Gasteiger partial charge in [0.2, 0.25) is 10.0 Å². The maximum atomic E-state index is 13.6. The minimum atomic E-state index is -3.90. The van der Waals surface area contributed by atoms with Crippen LogP contribution in [0.4, 0.5) is 8.78 Å². The summed E-state index contributed by atoms with van der Waals surface area (Å²) in [6.45, 7) is 2.08. The van der Waals surface area contributed by atoms with Crippen LogP contribution < -0.4 is 0 Å². The summed E-state index contributed by atoms with van der Waals surface area (Å²) in [5, 5.41) is 4.34. The zero-order valence-corrected chi connectivity index (χ0v) is 19.5. The molecule has 2 aliphatic heterocycles. The highest BCUT2D eigenvalue weighted by molar-refractivity contribution is 7.89. The van der Waals surface area contributed by atoms with Gasteiger partial charge in [-0.25, -0.2) is 21.7 Å². The van der Waals surface area contributed by atoms with Gasteiger partial charge < -0.3 is 4.90 Å². The Hall–Kier alpha value is -2.85. The average Bonchev–Trinajstić information content (AvgIpc) is 3.29. The molecule has 34 heavy (non-hydrogen) atoms. The van der Waals surface area contributed by atoms with Gasteiger partial charge in [0, 0.05) is 32.4 Å². The van der Waals surface area contributed by atoms with Crippen molar-refractivity contribution in [2.75, 3.05) is 26.2 Å². The van der Waals surface area contributed by atoms with Crippen LogP contribution in [0.1, 0.15) is 53.9 Å². The van der Waals surface area contributed by atoms with Crippen molar-refractivity contribution >= 4 is 21.4 Å². The molecule has 0 unspecified atom stereocenters. The Kier molecular flexibility index (Phi) is 6.11. The topological polar surface area (TPSA) is 75.0 Å². The third-order valence-electron chi connectivity index (χ3n) is 6.87. The summed E-state index contributed by atoms with van der Waals surface area (Å²) >= 11 is 0. The Morgan fingerprint density at radius 3 is 2.38 bits per heavy atom. The van der Waals surface area contributed by atoms with Gasteiger partial charge in [-0.1, -0.05) is 0 Å². The van der Waals surface area contributed by atoms with Crippen LogP contribution in [-0.2, 0) is 10.0 Å². The van der Waals surface area contributed by atoms with Gasteiger partial charge in [0.15, 0.2) is 11.6 Å². The van der Waals surface area contributed by atoms with Crippen LogP contribution in [0.25, 0.3) is 5.52 Å². The second-order valence-electron chi connectivity index (χ2n) is 8.96. The fraction of sp³-hybridized carbons (Fsp3) is 0.417. The van der Waals surface area contributed by atoms with E-state index in [9.17, 15) is 22.0 Å². The number of benzene rings is 1. The molecule has 1 aromatic carbocycles. The van der Waals surface area contributed by atoms with E-state index in [2.05, 4.69) is 5.10 Å². The lowest BCUT2D eigenvalue weighted by molar-refractivity contribution is 0.0726. The minimum Gasteiger partial charge on any atom is -0.339 e. The highest BCUT2D eigenvalue weighted by Crippen LogP contribution is 2.32. The van der Waals surface area contributed by atoms with Crippen molar-refractivity contribution in [1.82, 2.24) is 18.8 Å². The number of carbonyl (C=O) groups excluding carboxylic acids is 1. The summed E-state index contributed by atoms with van der Waals surface area (Å²) in [5.41, 5.74) is 2.37. The van der Waals surface area contributed by atoms with Crippen molar-refractivity contribution in [2.24, 2.45) is 0 Å². The molecule has 7 nitrogen and oxygen atoms in total. The van der Waals surface area contributed by atoms with Crippen LogP contribution >= 0.6 is 0 Å². The van der Waals surface area contributed by atoms with E-state index in [1.165, 1.54) is 4.31 Å². The predicted octanol–water partition coefficient (Wildman–Crippen LogP) is 3.81. The van der Waals surface area contributed by atoms with Crippen LogP contribution in [0, 0.1) is 11.6 Å².